The molecule has 4 nitrogen and oxygen atoms in total. The minimum absolute atomic E-state index is 0.0880. The van der Waals surface area contributed by atoms with E-state index < -0.39 is 0 Å². The second-order valence-corrected chi connectivity index (χ2v) is 5.32. The number of likely N-dealkylation sites (tertiary alicyclic amines) is 1. The van der Waals surface area contributed by atoms with E-state index in [0.717, 1.165) is 19.4 Å². The summed E-state index contributed by atoms with van der Waals surface area (Å²) in [7, 11) is 3.62. The van der Waals surface area contributed by atoms with Crippen molar-refractivity contribution >= 4 is 5.97 Å². The largest absolute Gasteiger partial charge is 0.469 e. The van der Waals surface area contributed by atoms with Crippen molar-refractivity contribution in [2.75, 3.05) is 20.7 Å². The Morgan fingerprint density at radius 1 is 1.47 bits per heavy atom. The molecular weight excluding hydrogens is 216 g/mol. The Morgan fingerprint density at radius 3 is 2.65 bits per heavy atom. The van der Waals surface area contributed by atoms with Crippen molar-refractivity contribution in [1.29, 1.82) is 0 Å². The maximum absolute atomic E-state index is 11.4. The number of ether oxygens (including phenoxy) is 1. The third kappa shape index (κ3) is 3.96. The van der Waals surface area contributed by atoms with Crippen molar-refractivity contribution < 1.29 is 9.53 Å². The van der Waals surface area contributed by atoms with Gasteiger partial charge >= 0.3 is 5.97 Å². The molecule has 0 aliphatic carbocycles. The van der Waals surface area contributed by atoms with Gasteiger partial charge in [0.15, 0.2) is 0 Å². The highest BCUT2D eigenvalue weighted by Gasteiger charge is 2.27. The molecule has 1 rings (SSSR count). The molecular formula is C13H26N2O2. The fraction of sp³-hybridized carbons (Fsp3) is 0.923. The van der Waals surface area contributed by atoms with Gasteiger partial charge in [-0.3, -0.25) is 4.79 Å². The van der Waals surface area contributed by atoms with E-state index in [0.29, 0.717) is 12.1 Å². The molecule has 1 aliphatic heterocycles. The van der Waals surface area contributed by atoms with Gasteiger partial charge in [-0.2, -0.15) is 0 Å². The third-order valence-electron chi connectivity index (χ3n) is 4.03. The van der Waals surface area contributed by atoms with Crippen LogP contribution in [0.15, 0.2) is 0 Å². The summed E-state index contributed by atoms with van der Waals surface area (Å²) < 4.78 is 4.77. The van der Waals surface area contributed by atoms with Gasteiger partial charge in [-0.25, -0.2) is 0 Å². The SMILES string of the molecule is COC(=O)C(C)C(C)NC1CCN(C)C(C)C1. The molecule has 0 radical (unpaired) electrons. The van der Waals surface area contributed by atoms with Crippen LogP contribution in [0.5, 0.6) is 0 Å². The summed E-state index contributed by atoms with van der Waals surface area (Å²) in [5, 5.41) is 3.56. The first-order valence-corrected chi connectivity index (χ1v) is 6.49. The fourth-order valence-corrected chi connectivity index (χ4v) is 2.35. The topological polar surface area (TPSA) is 41.6 Å². The Hall–Kier alpha value is -0.610. The molecule has 17 heavy (non-hydrogen) atoms. The van der Waals surface area contributed by atoms with E-state index in [9.17, 15) is 4.79 Å². The highest BCUT2D eigenvalue weighted by Crippen LogP contribution is 2.17. The van der Waals surface area contributed by atoms with Crippen LogP contribution in [0.4, 0.5) is 0 Å². The van der Waals surface area contributed by atoms with E-state index in [4.69, 9.17) is 4.74 Å². The number of carbonyl (C=O) groups excluding carboxylic acids is 1. The summed E-state index contributed by atoms with van der Waals surface area (Å²) in [4.78, 5) is 13.8. The molecule has 0 aromatic carbocycles. The summed E-state index contributed by atoms with van der Waals surface area (Å²) >= 11 is 0. The minimum atomic E-state index is -0.133. The summed E-state index contributed by atoms with van der Waals surface area (Å²) in [5.74, 6) is -0.221. The zero-order valence-corrected chi connectivity index (χ0v) is 11.7. The second-order valence-electron chi connectivity index (χ2n) is 5.32. The van der Waals surface area contributed by atoms with Gasteiger partial charge in [-0.1, -0.05) is 6.92 Å². The van der Waals surface area contributed by atoms with Crippen LogP contribution < -0.4 is 5.32 Å². The molecule has 0 bridgehead atoms. The van der Waals surface area contributed by atoms with Crippen LogP contribution in [0.2, 0.25) is 0 Å². The molecule has 4 heteroatoms. The maximum Gasteiger partial charge on any atom is 0.309 e. The van der Waals surface area contributed by atoms with Crippen LogP contribution in [0.1, 0.15) is 33.6 Å². The summed E-state index contributed by atoms with van der Waals surface area (Å²) in [6.45, 7) is 7.35. The van der Waals surface area contributed by atoms with Crippen molar-refractivity contribution in [2.45, 2.75) is 51.7 Å². The number of nitrogens with one attached hydrogen (secondary N) is 1. The lowest BCUT2D eigenvalue weighted by atomic mass is 9.96. The number of nitrogens with zero attached hydrogens (tertiary/aromatic N) is 1. The van der Waals surface area contributed by atoms with Gasteiger partial charge in [-0.05, 0) is 40.3 Å². The average Bonchev–Trinajstić information content (AvgIpc) is 2.31. The zero-order chi connectivity index (χ0) is 13.0. The number of rotatable bonds is 4. The normalized spacial score (nSPS) is 29.7. The summed E-state index contributed by atoms with van der Waals surface area (Å²) in [5.41, 5.74) is 0. The molecule has 0 aromatic rings. The van der Waals surface area contributed by atoms with E-state index in [-0.39, 0.29) is 17.9 Å². The molecule has 1 saturated heterocycles. The fourth-order valence-electron chi connectivity index (χ4n) is 2.35. The van der Waals surface area contributed by atoms with Crippen LogP contribution in [0.25, 0.3) is 0 Å². The molecule has 0 amide bonds. The monoisotopic (exact) mass is 242 g/mol. The lowest BCUT2D eigenvalue weighted by Crippen LogP contribution is -2.50. The molecule has 1 aliphatic rings. The molecule has 0 aromatic heterocycles. The Labute approximate surface area is 105 Å². The molecule has 1 heterocycles. The molecule has 1 fully saturated rings. The van der Waals surface area contributed by atoms with E-state index in [2.05, 4.69) is 31.1 Å². The average molecular weight is 242 g/mol. The second kappa shape index (κ2) is 6.36. The van der Waals surface area contributed by atoms with E-state index in [1.807, 2.05) is 6.92 Å². The number of piperidine rings is 1. The van der Waals surface area contributed by atoms with Gasteiger partial charge in [0, 0.05) is 18.1 Å². The Bertz CT molecular complexity index is 258. The van der Waals surface area contributed by atoms with Crippen molar-refractivity contribution in [3.05, 3.63) is 0 Å². The number of esters is 1. The molecule has 0 spiro atoms. The van der Waals surface area contributed by atoms with Crippen LogP contribution in [-0.4, -0.2) is 49.7 Å². The Kier molecular flexibility index (Phi) is 5.40. The third-order valence-corrected chi connectivity index (χ3v) is 4.03. The first-order valence-electron chi connectivity index (χ1n) is 6.49. The molecule has 0 saturated carbocycles. The highest BCUT2D eigenvalue weighted by molar-refractivity contribution is 5.72. The minimum Gasteiger partial charge on any atom is -0.469 e. The van der Waals surface area contributed by atoms with Gasteiger partial charge in [-0.15, -0.1) is 0 Å². The van der Waals surface area contributed by atoms with Gasteiger partial charge in [0.05, 0.1) is 13.0 Å². The van der Waals surface area contributed by atoms with Gasteiger partial charge in [0.1, 0.15) is 0 Å². The number of hydrogen-bond acceptors (Lipinski definition) is 4. The molecule has 1 N–H and O–H groups in total. The van der Waals surface area contributed by atoms with Crippen LogP contribution in [-0.2, 0) is 9.53 Å². The predicted molar refractivity (Wildman–Crippen MR) is 68.9 cm³/mol. The smallest absolute Gasteiger partial charge is 0.309 e. The maximum atomic E-state index is 11.4. The molecule has 4 atom stereocenters. The molecule has 100 valence electrons. The number of carbonyl (C=O) groups is 1. The number of methoxy groups -OCH3 is 1. The van der Waals surface area contributed by atoms with Crippen molar-refractivity contribution in [3.63, 3.8) is 0 Å². The Morgan fingerprint density at radius 2 is 2.12 bits per heavy atom. The van der Waals surface area contributed by atoms with Crippen molar-refractivity contribution in [1.82, 2.24) is 10.2 Å². The predicted octanol–water partition coefficient (Wildman–Crippen LogP) is 1.26. The summed E-state index contributed by atoms with van der Waals surface area (Å²) in [6, 6.07) is 1.30. The van der Waals surface area contributed by atoms with Gasteiger partial charge < -0.3 is 15.0 Å². The number of hydrogen-bond donors (Lipinski definition) is 1. The van der Waals surface area contributed by atoms with E-state index in [1.165, 1.54) is 7.11 Å². The van der Waals surface area contributed by atoms with Crippen LogP contribution >= 0.6 is 0 Å². The zero-order valence-electron chi connectivity index (χ0n) is 11.7. The van der Waals surface area contributed by atoms with Crippen molar-refractivity contribution in [2.24, 2.45) is 5.92 Å². The van der Waals surface area contributed by atoms with Crippen LogP contribution in [0, 0.1) is 5.92 Å². The van der Waals surface area contributed by atoms with Crippen molar-refractivity contribution in [3.8, 4) is 0 Å². The van der Waals surface area contributed by atoms with E-state index in [1.54, 1.807) is 0 Å². The quantitative estimate of drug-likeness (QED) is 0.754. The van der Waals surface area contributed by atoms with E-state index >= 15 is 0 Å². The molecule has 4 unspecified atom stereocenters. The van der Waals surface area contributed by atoms with Gasteiger partial charge in [0.2, 0.25) is 0 Å². The standard InChI is InChI=1S/C13H26N2O2/c1-9-8-12(6-7-15(9)4)14-11(3)10(2)13(16)17-5/h9-12,14H,6-8H2,1-5H3. The lowest BCUT2D eigenvalue weighted by molar-refractivity contribution is -0.145. The van der Waals surface area contributed by atoms with Gasteiger partial charge in [0.25, 0.3) is 0 Å². The Balaban J connectivity index is 2.41. The first-order chi connectivity index (χ1) is 7.95. The van der Waals surface area contributed by atoms with Crippen LogP contribution in [0.3, 0.4) is 0 Å². The first kappa shape index (κ1) is 14.5. The summed E-state index contributed by atoms with van der Waals surface area (Å²) in [6.07, 6.45) is 2.30. The highest BCUT2D eigenvalue weighted by atomic mass is 16.5. The lowest BCUT2D eigenvalue weighted by Gasteiger charge is -2.37.